The number of likely N-dealkylation sites (N-methyl/N-ethyl adjacent to an activating group) is 1. The minimum atomic E-state index is -0.117. The van der Waals surface area contributed by atoms with E-state index < -0.39 is 0 Å². The normalized spacial score (nSPS) is 20.3. The Morgan fingerprint density at radius 2 is 2.00 bits per heavy atom. The number of carbonyl (C=O) groups is 1. The van der Waals surface area contributed by atoms with E-state index in [0.717, 1.165) is 37.9 Å². The quantitative estimate of drug-likeness (QED) is 0.820. The summed E-state index contributed by atoms with van der Waals surface area (Å²) < 4.78 is 0. The summed E-state index contributed by atoms with van der Waals surface area (Å²) in [5.74, 6) is 0.154. The maximum Gasteiger partial charge on any atom is 0.237 e. The molecule has 0 spiro atoms. The van der Waals surface area contributed by atoms with Crippen LogP contribution < -0.4 is 5.32 Å². The molecule has 0 radical (unpaired) electrons. The average molecular weight is 318 g/mol. The number of H-pyrrole nitrogens is 1. The third-order valence-electron chi connectivity index (χ3n) is 5.53. The Balaban J connectivity index is 1.58. The maximum atomic E-state index is 12.4. The van der Waals surface area contributed by atoms with Gasteiger partial charge in [0.05, 0.1) is 11.7 Å². The number of hydrogen-bond acceptors (Lipinski definition) is 3. The van der Waals surface area contributed by atoms with Crippen LogP contribution in [-0.4, -0.2) is 40.1 Å². The van der Waals surface area contributed by atoms with Gasteiger partial charge in [-0.25, -0.2) is 0 Å². The number of carbonyl (C=O) groups excluding carboxylic acids is 1. The molecule has 1 atom stereocenters. The predicted octanol–water partition coefficient (Wildman–Crippen LogP) is 2.56. The second-order valence-corrected chi connectivity index (χ2v) is 7.27. The Morgan fingerprint density at radius 1 is 1.26 bits per heavy atom. The molecule has 0 unspecified atom stereocenters. The van der Waals surface area contributed by atoms with Crippen LogP contribution in [0.15, 0.2) is 0 Å². The molecular weight excluding hydrogens is 288 g/mol. The molecule has 23 heavy (non-hydrogen) atoms. The van der Waals surface area contributed by atoms with Gasteiger partial charge >= 0.3 is 0 Å². The van der Waals surface area contributed by atoms with Gasteiger partial charge in [0.2, 0.25) is 5.91 Å². The Bertz CT molecular complexity index is 533. The van der Waals surface area contributed by atoms with E-state index in [4.69, 9.17) is 0 Å². The summed E-state index contributed by atoms with van der Waals surface area (Å²) in [7, 11) is 2.02. The summed E-state index contributed by atoms with van der Waals surface area (Å²) in [4.78, 5) is 14.5. The molecule has 5 heteroatoms. The molecule has 5 nitrogen and oxygen atoms in total. The number of fused-ring (bicyclic) bond motifs is 1. The number of nitrogens with one attached hydrogen (secondary N) is 2. The number of aromatic nitrogens is 2. The molecule has 0 bridgehead atoms. The van der Waals surface area contributed by atoms with Crippen LogP contribution in [-0.2, 0) is 24.2 Å². The second-order valence-electron chi connectivity index (χ2n) is 7.27. The zero-order valence-corrected chi connectivity index (χ0v) is 14.5. The van der Waals surface area contributed by atoms with Crippen molar-refractivity contribution in [2.75, 3.05) is 7.05 Å². The number of aromatic amines is 1. The van der Waals surface area contributed by atoms with Gasteiger partial charge in [0.15, 0.2) is 0 Å². The lowest BCUT2D eigenvalue weighted by Crippen LogP contribution is -2.46. The van der Waals surface area contributed by atoms with E-state index in [1.807, 2.05) is 14.0 Å². The topological polar surface area (TPSA) is 61.0 Å². The van der Waals surface area contributed by atoms with Gasteiger partial charge in [0, 0.05) is 18.3 Å². The first-order valence-electron chi connectivity index (χ1n) is 9.20. The molecule has 3 rings (SSSR count). The summed E-state index contributed by atoms with van der Waals surface area (Å²) >= 11 is 0. The molecule has 128 valence electrons. The van der Waals surface area contributed by atoms with Crippen LogP contribution in [0.2, 0.25) is 0 Å². The van der Waals surface area contributed by atoms with Gasteiger partial charge in [-0.1, -0.05) is 19.3 Å². The molecule has 2 aliphatic rings. The van der Waals surface area contributed by atoms with Crippen molar-refractivity contribution >= 4 is 5.91 Å². The van der Waals surface area contributed by atoms with Crippen LogP contribution in [0.5, 0.6) is 0 Å². The van der Waals surface area contributed by atoms with Crippen molar-refractivity contribution in [3.63, 3.8) is 0 Å². The van der Waals surface area contributed by atoms with Crippen molar-refractivity contribution in [3.8, 4) is 0 Å². The zero-order chi connectivity index (χ0) is 16.2. The lowest BCUT2D eigenvalue weighted by molar-refractivity contribution is -0.126. The SMILES string of the molecule is C[C@@H](C(=O)NC1CCCC1)N(C)Cc1n[nH]c2c1CCCCC2. The first-order valence-corrected chi connectivity index (χ1v) is 9.20. The van der Waals surface area contributed by atoms with Gasteiger partial charge in [0.25, 0.3) is 0 Å². The standard InChI is InChI=1S/C18H30N4O/c1-13(18(23)19-14-8-6-7-9-14)22(2)12-17-15-10-4-3-5-11-16(15)20-21-17/h13-14H,3-12H2,1-2H3,(H,19,23)(H,20,21)/t13-/m0/s1. The van der Waals surface area contributed by atoms with E-state index in [1.165, 1.54) is 43.4 Å². The Hall–Kier alpha value is -1.36. The molecule has 2 N–H and O–H groups in total. The van der Waals surface area contributed by atoms with E-state index in [-0.39, 0.29) is 11.9 Å². The van der Waals surface area contributed by atoms with Crippen molar-refractivity contribution in [3.05, 3.63) is 17.0 Å². The lowest BCUT2D eigenvalue weighted by Gasteiger charge is -2.25. The summed E-state index contributed by atoms with van der Waals surface area (Å²) in [6, 6.07) is 0.272. The smallest absolute Gasteiger partial charge is 0.237 e. The van der Waals surface area contributed by atoms with Gasteiger partial charge in [-0.2, -0.15) is 5.10 Å². The molecule has 1 aromatic rings. The second kappa shape index (κ2) is 7.47. The van der Waals surface area contributed by atoms with E-state index in [0.29, 0.717) is 6.04 Å². The van der Waals surface area contributed by atoms with E-state index >= 15 is 0 Å². The first kappa shape index (κ1) is 16.5. The first-order chi connectivity index (χ1) is 11.1. The van der Waals surface area contributed by atoms with Crippen molar-refractivity contribution in [1.82, 2.24) is 20.4 Å². The summed E-state index contributed by atoms with van der Waals surface area (Å²) in [5.41, 5.74) is 3.84. The fourth-order valence-electron chi connectivity index (χ4n) is 3.82. The van der Waals surface area contributed by atoms with Crippen LogP contribution in [0.1, 0.15) is 68.8 Å². The minimum absolute atomic E-state index is 0.117. The van der Waals surface area contributed by atoms with Gasteiger partial charge in [0.1, 0.15) is 0 Å². The molecule has 1 fully saturated rings. The molecule has 0 saturated heterocycles. The number of aryl methyl sites for hydroxylation is 1. The molecule has 1 aromatic heterocycles. The van der Waals surface area contributed by atoms with Crippen LogP contribution >= 0.6 is 0 Å². The lowest BCUT2D eigenvalue weighted by atomic mass is 10.1. The largest absolute Gasteiger partial charge is 0.352 e. The van der Waals surface area contributed by atoms with Crippen molar-refractivity contribution < 1.29 is 4.79 Å². The number of rotatable bonds is 5. The fourth-order valence-corrected chi connectivity index (χ4v) is 3.82. The van der Waals surface area contributed by atoms with E-state index in [2.05, 4.69) is 20.4 Å². The summed E-state index contributed by atoms with van der Waals surface area (Å²) in [6.45, 7) is 2.74. The Kier molecular flexibility index (Phi) is 5.36. The van der Waals surface area contributed by atoms with Crippen LogP contribution in [0.4, 0.5) is 0 Å². The van der Waals surface area contributed by atoms with Crippen LogP contribution in [0.25, 0.3) is 0 Å². The van der Waals surface area contributed by atoms with Crippen molar-refractivity contribution in [1.29, 1.82) is 0 Å². The highest BCUT2D eigenvalue weighted by Gasteiger charge is 2.25. The number of amides is 1. The monoisotopic (exact) mass is 318 g/mol. The fraction of sp³-hybridized carbons (Fsp3) is 0.778. The number of hydrogen-bond donors (Lipinski definition) is 2. The summed E-state index contributed by atoms with van der Waals surface area (Å²) in [6.07, 6.45) is 10.8. The van der Waals surface area contributed by atoms with Gasteiger partial charge in [-0.3, -0.25) is 14.8 Å². The van der Waals surface area contributed by atoms with Crippen molar-refractivity contribution in [2.24, 2.45) is 0 Å². The highest BCUT2D eigenvalue weighted by atomic mass is 16.2. The summed E-state index contributed by atoms with van der Waals surface area (Å²) in [5, 5.41) is 10.9. The highest BCUT2D eigenvalue weighted by Crippen LogP contribution is 2.23. The van der Waals surface area contributed by atoms with Gasteiger partial charge < -0.3 is 5.32 Å². The number of nitrogens with zero attached hydrogens (tertiary/aromatic N) is 2. The van der Waals surface area contributed by atoms with Gasteiger partial charge in [-0.05, 0) is 58.1 Å². The molecule has 1 amide bonds. The minimum Gasteiger partial charge on any atom is -0.352 e. The zero-order valence-electron chi connectivity index (χ0n) is 14.5. The van der Waals surface area contributed by atoms with E-state index in [9.17, 15) is 4.79 Å². The predicted molar refractivity (Wildman–Crippen MR) is 91.2 cm³/mol. The average Bonchev–Trinajstić information content (AvgIpc) is 3.11. The molecule has 2 aliphatic carbocycles. The van der Waals surface area contributed by atoms with Crippen LogP contribution in [0, 0.1) is 0 Å². The maximum absolute atomic E-state index is 12.4. The molecule has 1 saturated carbocycles. The molecule has 1 heterocycles. The van der Waals surface area contributed by atoms with Gasteiger partial charge in [-0.15, -0.1) is 0 Å². The molecular formula is C18H30N4O. The third-order valence-corrected chi connectivity index (χ3v) is 5.53. The molecule has 0 aromatic carbocycles. The van der Waals surface area contributed by atoms with E-state index in [1.54, 1.807) is 0 Å². The molecule has 0 aliphatic heterocycles. The Morgan fingerprint density at radius 3 is 2.78 bits per heavy atom. The highest BCUT2D eigenvalue weighted by molar-refractivity contribution is 5.81. The Labute approximate surface area is 139 Å². The third kappa shape index (κ3) is 3.94. The van der Waals surface area contributed by atoms with Crippen molar-refractivity contribution in [2.45, 2.75) is 83.3 Å². The van der Waals surface area contributed by atoms with Crippen LogP contribution in [0.3, 0.4) is 0 Å².